The fourth-order valence-electron chi connectivity index (χ4n) is 4.38. The first kappa shape index (κ1) is 26.4. The zero-order valence-corrected chi connectivity index (χ0v) is 22.3. The number of amides is 1. The molecule has 0 radical (unpaired) electrons. The van der Waals surface area contributed by atoms with E-state index in [1.54, 1.807) is 41.3 Å². The van der Waals surface area contributed by atoms with Gasteiger partial charge in [0.05, 0.1) is 17.7 Å². The zero-order valence-electron chi connectivity index (χ0n) is 21.5. The van der Waals surface area contributed by atoms with Gasteiger partial charge in [-0.25, -0.2) is 8.42 Å². The molecule has 0 aromatic heterocycles. The first-order valence-corrected chi connectivity index (χ1v) is 13.7. The molecular weight excluding hydrogens is 486 g/mol. The fraction of sp³-hybridized carbons (Fsp3) is 0.276. The molecule has 0 aliphatic carbocycles. The van der Waals surface area contributed by atoms with Gasteiger partial charge in [-0.1, -0.05) is 60.7 Å². The molecule has 1 amide bonds. The van der Waals surface area contributed by atoms with Crippen molar-refractivity contribution in [1.82, 2.24) is 9.80 Å². The highest BCUT2D eigenvalue weighted by molar-refractivity contribution is 7.92. The van der Waals surface area contributed by atoms with Crippen molar-refractivity contribution in [3.05, 3.63) is 95.6 Å². The summed E-state index contributed by atoms with van der Waals surface area (Å²) in [4.78, 5) is 17.6. The molecule has 3 aromatic rings. The maximum absolute atomic E-state index is 13.4. The molecule has 1 fully saturated rings. The Morgan fingerprint density at radius 1 is 0.973 bits per heavy atom. The summed E-state index contributed by atoms with van der Waals surface area (Å²) in [5, 5.41) is 0. The van der Waals surface area contributed by atoms with Crippen molar-refractivity contribution < 1.29 is 17.9 Å². The molecule has 0 saturated carbocycles. The third kappa shape index (κ3) is 6.03. The molecule has 4 rings (SSSR count). The molecule has 0 spiro atoms. The zero-order chi connectivity index (χ0) is 26.4. The van der Waals surface area contributed by atoms with Crippen LogP contribution in [0, 0.1) is 6.92 Å². The van der Waals surface area contributed by atoms with Gasteiger partial charge in [-0.2, -0.15) is 0 Å². The quantitative estimate of drug-likeness (QED) is 0.444. The minimum atomic E-state index is -3.90. The van der Waals surface area contributed by atoms with Gasteiger partial charge in [0.25, 0.3) is 15.9 Å². The van der Waals surface area contributed by atoms with Gasteiger partial charge in [0, 0.05) is 45.3 Å². The van der Waals surface area contributed by atoms with Crippen LogP contribution in [0.3, 0.4) is 0 Å². The number of hydrogen-bond acceptors (Lipinski definition) is 5. The Bertz CT molecular complexity index is 1360. The number of benzene rings is 3. The Balaban J connectivity index is 1.44. The molecule has 3 aromatic carbocycles. The van der Waals surface area contributed by atoms with Crippen molar-refractivity contribution >= 4 is 27.7 Å². The molecule has 37 heavy (non-hydrogen) atoms. The molecule has 0 bridgehead atoms. The van der Waals surface area contributed by atoms with Crippen LogP contribution in [-0.2, 0) is 10.0 Å². The molecule has 0 N–H and O–H groups in total. The molecule has 0 atom stereocenters. The second-order valence-electron chi connectivity index (χ2n) is 9.03. The van der Waals surface area contributed by atoms with Crippen LogP contribution in [0.25, 0.3) is 6.08 Å². The number of ether oxygens (including phenoxy) is 1. The average Bonchev–Trinajstić information content (AvgIpc) is 2.93. The van der Waals surface area contributed by atoms with Crippen molar-refractivity contribution in [2.75, 3.05) is 51.2 Å². The smallest absolute Gasteiger partial charge is 0.264 e. The number of rotatable bonds is 8. The number of piperazine rings is 1. The predicted molar refractivity (Wildman–Crippen MR) is 148 cm³/mol. The Labute approximate surface area is 219 Å². The molecule has 194 valence electrons. The van der Waals surface area contributed by atoms with Crippen LogP contribution in [-0.4, -0.2) is 71.0 Å². The van der Waals surface area contributed by atoms with E-state index >= 15 is 0 Å². The summed E-state index contributed by atoms with van der Waals surface area (Å²) in [6.45, 7) is 5.36. The lowest BCUT2D eigenvalue weighted by atomic mass is 10.1. The van der Waals surface area contributed by atoms with Crippen LogP contribution in [0.4, 0.5) is 5.69 Å². The largest absolute Gasteiger partial charge is 0.495 e. The monoisotopic (exact) mass is 519 g/mol. The van der Waals surface area contributed by atoms with Gasteiger partial charge in [-0.3, -0.25) is 14.0 Å². The number of hydrogen-bond donors (Lipinski definition) is 0. The minimum absolute atomic E-state index is 0.0690. The predicted octanol–water partition coefficient (Wildman–Crippen LogP) is 4.30. The van der Waals surface area contributed by atoms with E-state index in [9.17, 15) is 13.2 Å². The summed E-state index contributed by atoms with van der Waals surface area (Å²) >= 11 is 0. The van der Waals surface area contributed by atoms with Crippen molar-refractivity contribution in [2.45, 2.75) is 11.8 Å². The maximum Gasteiger partial charge on any atom is 0.264 e. The number of nitrogens with zero attached hydrogens (tertiary/aromatic N) is 3. The van der Waals surface area contributed by atoms with E-state index in [-0.39, 0.29) is 10.8 Å². The van der Waals surface area contributed by atoms with Gasteiger partial charge < -0.3 is 9.64 Å². The topological polar surface area (TPSA) is 70.2 Å². The normalized spacial score (nSPS) is 14.6. The average molecular weight is 520 g/mol. The lowest BCUT2D eigenvalue weighted by Crippen LogP contribution is -2.48. The fourth-order valence-corrected chi connectivity index (χ4v) is 5.61. The summed E-state index contributed by atoms with van der Waals surface area (Å²) < 4.78 is 33.4. The number of carbonyl (C=O) groups excluding carboxylic acids is 1. The van der Waals surface area contributed by atoms with Gasteiger partial charge in [-0.15, -0.1) is 0 Å². The van der Waals surface area contributed by atoms with Gasteiger partial charge in [-0.05, 0) is 42.3 Å². The van der Waals surface area contributed by atoms with Crippen LogP contribution in [0.2, 0.25) is 0 Å². The first-order valence-electron chi connectivity index (χ1n) is 12.3. The molecule has 1 aliphatic heterocycles. The van der Waals surface area contributed by atoms with E-state index in [0.717, 1.165) is 30.8 Å². The van der Waals surface area contributed by atoms with Crippen LogP contribution in [0.1, 0.15) is 21.5 Å². The molecule has 0 unspecified atom stereocenters. The number of aryl methyl sites for hydroxylation is 1. The van der Waals surface area contributed by atoms with Gasteiger partial charge in [0.15, 0.2) is 0 Å². The highest BCUT2D eigenvalue weighted by atomic mass is 32.2. The first-order chi connectivity index (χ1) is 17.8. The minimum Gasteiger partial charge on any atom is -0.495 e. The number of anilines is 1. The molecular formula is C29H33N3O4S. The number of carbonyl (C=O) groups is 1. The summed E-state index contributed by atoms with van der Waals surface area (Å²) in [6, 6.07) is 21.8. The summed E-state index contributed by atoms with van der Waals surface area (Å²) in [5.41, 5.74) is 2.75. The van der Waals surface area contributed by atoms with Crippen molar-refractivity contribution in [1.29, 1.82) is 0 Å². The van der Waals surface area contributed by atoms with E-state index in [1.165, 1.54) is 24.5 Å². The summed E-state index contributed by atoms with van der Waals surface area (Å²) in [6.07, 6.45) is 4.25. The summed E-state index contributed by atoms with van der Waals surface area (Å²) in [5.74, 6) is 0.308. The lowest BCUT2D eigenvalue weighted by molar-refractivity contribution is 0.0649. The summed E-state index contributed by atoms with van der Waals surface area (Å²) in [7, 11) is -0.916. The Morgan fingerprint density at radius 2 is 1.65 bits per heavy atom. The Morgan fingerprint density at radius 3 is 2.35 bits per heavy atom. The molecule has 1 heterocycles. The highest BCUT2D eigenvalue weighted by Gasteiger charge is 2.27. The standard InChI is InChI=1S/C29H33N3O4S/c1-23-15-16-25(37(34,35)30(2)27-13-7-8-14-28(27)36-3)22-26(23)29(33)32-20-18-31(19-21-32)17-9-12-24-10-5-4-6-11-24/h4-16,22H,17-21H2,1-3H3/b12-9+. The molecule has 7 nitrogen and oxygen atoms in total. The van der Waals surface area contributed by atoms with E-state index in [1.807, 2.05) is 25.1 Å². The van der Waals surface area contributed by atoms with Crippen molar-refractivity contribution in [3.63, 3.8) is 0 Å². The van der Waals surface area contributed by atoms with Crippen LogP contribution in [0.5, 0.6) is 5.75 Å². The number of para-hydroxylation sites is 2. The van der Waals surface area contributed by atoms with Crippen LogP contribution < -0.4 is 9.04 Å². The van der Waals surface area contributed by atoms with Crippen molar-refractivity contribution in [2.24, 2.45) is 0 Å². The molecule has 1 aliphatic rings. The lowest BCUT2D eigenvalue weighted by Gasteiger charge is -2.34. The Hall–Kier alpha value is -3.62. The Kier molecular flexibility index (Phi) is 8.31. The third-order valence-corrected chi connectivity index (χ3v) is 8.42. The second kappa shape index (κ2) is 11.6. The van der Waals surface area contributed by atoms with E-state index in [4.69, 9.17) is 4.74 Å². The number of sulfonamides is 1. The third-order valence-electron chi connectivity index (χ3n) is 6.66. The number of methoxy groups -OCH3 is 1. The van der Waals surface area contributed by atoms with E-state index in [0.29, 0.717) is 30.1 Å². The van der Waals surface area contributed by atoms with Gasteiger partial charge >= 0.3 is 0 Å². The van der Waals surface area contributed by atoms with E-state index < -0.39 is 10.0 Å². The second-order valence-corrected chi connectivity index (χ2v) is 11.0. The maximum atomic E-state index is 13.4. The van der Waals surface area contributed by atoms with Crippen LogP contribution in [0.15, 0.2) is 83.8 Å². The van der Waals surface area contributed by atoms with Crippen molar-refractivity contribution in [3.8, 4) is 5.75 Å². The van der Waals surface area contributed by atoms with Crippen LogP contribution >= 0.6 is 0 Å². The van der Waals surface area contributed by atoms with E-state index in [2.05, 4.69) is 29.2 Å². The molecule has 1 saturated heterocycles. The SMILES string of the molecule is COc1ccccc1N(C)S(=O)(=O)c1ccc(C)c(C(=O)N2CCN(C/C=C/c3ccccc3)CC2)c1. The molecule has 8 heteroatoms. The highest BCUT2D eigenvalue weighted by Crippen LogP contribution is 2.31. The van der Waals surface area contributed by atoms with Gasteiger partial charge in [0.1, 0.15) is 5.75 Å². The van der Waals surface area contributed by atoms with Gasteiger partial charge in [0.2, 0.25) is 0 Å².